The number of rotatable bonds is 35. The SMILES string of the molecule is CCCCCCCCCCCCCCC/C=C/C(O)C(COP(=O)(O)OCCN)NC(=O)CC(O)CCCCCCCCCCC. The van der Waals surface area contributed by atoms with Crippen molar-refractivity contribution in [3.63, 3.8) is 0 Å². The van der Waals surface area contributed by atoms with Crippen LogP contribution in [0.5, 0.6) is 0 Å². The summed E-state index contributed by atoms with van der Waals surface area (Å²) in [5.41, 5.74) is 5.34. The molecule has 46 heavy (non-hydrogen) atoms. The van der Waals surface area contributed by atoms with Crippen molar-refractivity contribution >= 4 is 13.7 Å². The Kier molecular flexibility index (Phi) is 32.2. The van der Waals surface area contributed by atoms with Gasteiger partial charge in [0, 0.05) is 6.54 Å². The molecule has 0 aromatic heterocycles. The van der Waals surface area contributed by atoms with Crippen LogP contribution in [0.1, 0.15) is 174 Å². The van der Waals surface area contributed by atoms with E-state index in [0.29, 0.717) is 6.42 Å². The molecule has 0 aromatic carbocycles. The quantitative estimate of drug-likeness (QED) is 0.0254. The summed E-state index contributed by atoms with van der Waals surface area (Å²) in [6, 6.07) is -0.975. The number of carbonyl (C=O) groups excluding carboxylic acids is 1. The minimum atomic E-state index is -4.39. The largest absolute Gasteiger partial charge is 0.472 e. The Morgan fingerprint density at radius 2 is 1.20 bits per heavy atom. The van der Waals surface area contributed by atoms with Crippen molar-refractivity contribution in [2.24, 2.45) is 5.73 Å². The number of carbonyl (C=O) groups is 1. The highest BCUT2D eigenvalue weighted by atomic mass is 31.2. The number of hydrogen-bond acceptors (Lipinski definition) is 7. The molecule has 6 N–H and O–H groups in total. The van der Waals surface area contributed by atoms with Crippen LogP contribution in [0.25, 0.3) is 0 Å². The van der Waals surface area contributed by atoms with E-state index in [1.54, 1.807) is 6.08 Å². The van der Waals surface area contributed by atoms with Gasteiger partial charge in [0.15, 0.2) is 0 Å². The Bertz CT molecular complexity index is 756. The minimum absolute atomic E-state index is 0.0511. The lowest BCUT2D eigenvalue weighted by atomic mass is 10.0. The fourth-order valence-electron chi connectivity index (χ4n) is 5.53. The standard InChI is InChI=1S/C36H73N2O7P/c1-3-5-7-9-11-13-14-15-16-17-18-20-22-24-26-28-35(40)34(32-45-46(42,43)44-30-29-37)38-36(41)31-33(39)27-25-23-21-19-12-10-8-6-4-2/h26,28,33-35,39-40H,3-25,27,29-32,37H2,1-2H3,(H,38,41)(H,42,43)/b28-26+. The molecule has 0 bridgehead atoms. The second kappa shape index (κ2) is 32.7. The van der Waals surface area contributed by atoms with Gasteiger partial charge in [-0.1, -0.05) is 161 Å². The van der Waals surface area contributed by atoms with E-state index in [1.807, 2.05) is 6.08 Å². The van der Waals surface area contributed by atoms with E-state index in [-0.39, 0.29) is 19.6 Å². The molecule has 0 saturated heterocycles. The molecule has 4 unspecified atom stereocenters. The second-order valence-electron chi connectivity index (χ2n) is 13.0. The van der Waals surface area contributed by atoms with Crippen molar-refractivity contribution in [2.75, 3.05) is 19.8 Å². The monoisotopic (exact) mass is 677 g/mol. The molecule has 0 spiro atoms. The predicted molar refractivity (Wildman–Crippen MR) is 191 cm³/mol. The number of aliphatic hydroxyl groups is 2. The van der Waals surface area contributed by atoms with Gasteiger partial charge in [-0.3, -0.25) is 13.8 Å². The zero-order valence-corrected chi connectivity index (χ0v) is 30.6. The molecule has 0 saturated carbocycles. The average molecular weight is 677 g/mol. The highest BCUT2D eigenvalue weighted by Crippen LogP contribution is 2.43. The van der Waals surface area contributed by atoms with Gasteiger partial charge < -0.3 is 26.2 Å². The first kappa shape index (κ1) is 45.2. The summed E-state index contributed by atoms with van der Waals surface area (Å²) in [6.45, 7) is 3.94. The molecule has 0 fully saturated rings. The number of amides is 1. The number of phosphoric acid groups is 1. The summed E-state index contributed by atoms with van der Waals surface area (Å²) in [5.74, 6) is -0.448. The van der Waals surface area contributed by atoms with Crippen molar-refractivity contribution < 1.29 is 33.5 Å². The molecule has 0 rings (SSSR count). The number of aliphatic hydroxyl groups excluding tert-OH is 2. The van der Waals surface area contributed by atoms with Crippen molar-refractivity contribution in [1.29, 1.82) is 0 Å². The highest BCUT2D eigenvalue weighted by molar-refractivity contribution is 7.47. The van der Waals surface area contributed by atoms with Crippen molar-refractivity contribution in [3.05, 3.63) is 12.2 Å². The van der Waals surface area contributed by atoms with Gasteiger partial charge in [0.1, 0.15) is 0 Å². The van der Waals surface area contributed by atoms with Crippen molar-refractivity contribution in [2.45, 2.75) is 193 Å². The van der Waals surface area contributed by atoms with Crippen molar-refractivity contribution in [3.8, 4) is 0 Å². The van der Waals surface area contributed by atoms with E-state index >= 15 is 0 Å². The third-order valence-corrected chi connectivity index (χ3v) is 9.40. The van der Waals surface area contributed by atoms with Gasteiger partial charge in [0.05, 0.1) is 37.9 Å². The van der Waals surface area contributed by atoms with Gasteiger partial charge in [-0.25, -0.2) is 4.57 Å². The van der Waals surface area contributed by atoms with Crippen LogP contribution in [-0.4, -0.2) is 59.0 Å². The zero-order valence-electron chi connectivity index (χ0n) is 29.7. The van der Waals surface area contributed by atoms with E-state index in [9.17, 15) is 24.5 Å². The van der Waals surface area contributed by atoms with Gasteiger partial charge in [0.25, 0.3) is 0 Å². The highest BCUT2D eigenvalue weighted by Gasteiger charge is 2.27. The number of hydrogen-bond donors (Lipinski definition) is 5. The van der Waals surface area contributed by atoms with Crippen LogP contribution >= 0.6 is 7.82 Å². The van der Waals surface area contributed by atoms with Gasteiger partial charge in [-0.15, -0.1) is 0 Å². The van der Waals surface area contributed by atoms with E-state index in [2.05, 4.69) is 19.2 Å². The molecule has 0 aliphatic heterocycles. The molecular formula is C36H73N2O7P. The maximum absolute atomic E-state index is 12.7. The molecule has 0 aliphatic carbocycles. The van der Waals surface area contributed by atoms with Crippen LogP contribution in [0.15, 0.2) is 12.2 Å². The molecule has 0 heterocycles. The van der Waals surface area contributed by atoms with Crippen LogP contribution in [-0.2, 0) is 18.4 Å². The smallest absolute Gasteiger partial charge is 0.393 e. The first-order valence-corrected chi connectivity index (χ1v) is 20.4. The summed E-state index contributed by atoms with van der Waals surface area (Å²) in [5, 5.41) is 23.9. The molecule has 274 valence electrons. The van der Waals surface area contributed by atoms with E-state index in [4.69, 9.17) is 14.8 Å². The molecule has 1 amide bonds. The molecule has 0 radical (unpaired) electrons. The number of nitrogens with one attached hydrogen (secondary N) is 1. The summed E-state index contributed by atoms with van der Waals surface area (Å²) in [7, 11) is -4.39. The molecule has 0 aliphatic rings. The molecule has 10 heteroatoms. The number of nitrogens with two attached hydrogens (primary N) is 1. The lowest BCUT2D eigenvalue weighted by Crippen LogP contribution is -2.46. The maximum Gasteiger partial charge on any atom is 0.472 e. The van der Waals surface area contributed by atoms with E-state index < -0.39 is 38.6 Å². The van der Waals surface area contributed by atoms with Gasteiger partial charge >= 0.3 is 7.82 Å². The lowest BCUT2D eigenvalue weighted by Gasteiger charge is -2.24. The van der Waals surface area contributed by atoms with Crippen LogP contribution in [0.2, 0.25) is 0 Å². The molecule has 9 nitrogen and oxygen atoms in total. The summed E-state index contributed by atoms with van der Waals surface area (Å²) < 4.78 is 22.0. The number of phosphoric ester groups is 1. The van der Waals surface area contributed by atoms with Gasteiger partial charge in [-0.2, -0.15) is 0 Å². The summed E-state index contributed by atoms with van der Waals surface area (Å²) >= 11 is 0. The normalized spacial score (nSPS) is 15.2. The summed E-state index contributed by atoms with van der Waals surface area (Å²) in [4.78, 5) is 22.6. The Morgan fingerprint density at radius 1 is 0.739 bits per heavy atom. The van der Waals surface area contributed by atoms with Gasteiger partial charge in [-0.05, 0) is 19.3 Å². The summed E-state index contributed by atoms with van der Waals surface area (Å²) in [6.07, 6.45) is 30.1. The topological polar surface area (TPSA) is 151 Å². The molecular weight excluding hydrogens is 603 g/mol. The number of unbranched alkanes of at least 4 members (excludes halogenated alkanes) is 21. The fraction of sp³-hybridized carbons (Fsp3) is 0.917. The van der Waals surface area contributed by atoms with Crippen LogP contribution in [0, 0.1) is 0 Å². The molecule has 0 aromatic rings. The van der Waals surface area contributed by atoms with E-state index in [0.717, 1.165) is 38.5 Å². The lowest BCUT2D eigenvalue weighted by molar-refractivity contribution is -0.124. The third kappa shape index (κ3) is 30.5. The van der Waals surface area contributed by atoms with E-state index in [1.165, 1.54) is 109 Å². The zero-order chi connectivity index (χ0) is 34.1. The Balaban J connectivity index is 4.44. The minimum Gasteiger partial charge on any atom is -0.393 e. The predicted octanol–water partition coefficient (Wildman–Crippen LogP) is 8.63. The Morgan fingerprint density at radius 3 is 1.67 bits per heavy atom. The van der Waals surface area contributed by atoms with Crippen LogP contribution < -0.4 is 11.1 Å². The number of allylic oxidation sites excluding steroid dienone is 1. The van der Waals surface area contributed by atoms with Gasteiger partial charge in [0.2, 0.25) is 5.91 Å². The van der Waals surface area contributed by atoms with Crippen LogP contribution in [0.3, 0.4) is 0 Å². The maximum atomic E-state index is 12.7. The Hall–Kier alpha value is -0.800. The fourth-order valence-corrected chi connectivity index (χ4v) is 6.29. The second-order valence-corrected chi connectivity index (χ2v) is 14.4. The first-order chi connectivity index (χ1) is 22.3. The third-order valence-electron chi connectivity index (χ3n) is 8.42. The first-order valence-electron chi connectivity index (χ1n) is 18.9. The molecule has 4 atom stereocenters. The Labute approximate surface area is 282 Å². The van der Waals surface area contributed by atoms with Crippen molar-refractivity contribution in [1.82, 2.24) is 5.32 Å². The van der Waals surface area contributed by atoms with Crippen LogP contribution in [0.4, 0.5) is 0 Å². The average Bonchev–Trinajstić information content (AvgIpc) is 3.03.